The number of aromatic amines is 1. The van der Waals surface area contributed by atoms with Crippen molar-refractivity contribution in [3.8, 4) is 0 Å². The number of carbonyl (C=O) groups is 1. The quantitative estimate of drug-likeness (QED) is 0.713. The van der Waals surface area contributed by atoms with Gasteiger partial charge in [0.25, 0.3) is 5.56 Å². The Kier molecular flexibility index (Phi) is 3.11. The molecule has 0 saturated carbocycles. The van der Waals surface area contributed by atoms with Crippen molar-refractivity contribution in [2.24, 2.45) is 0 Å². The van der Waals surface area contributed by atoms with Crippen LogP contribution in [-0.2, 0) is 16.1 Å². The Balaban J connectivity index is 2.64. The molecule has 5 heteroatoms. The third-order valence-electron chi connectivity index (χ3n) is 2.05. The number of nitrogens with zero attached hydrogens (tertiary/aromatic N) is 1. The molecule has 14 heavy (non-hydrogen) atoms. The lowest BCUT2D eigenvalue weighted by Gasteiger charge is -2.01. The minimum absolute atomic E-state index is 0.0605. The predicted molar refractivity (Wildman–Crippen MR) is 51.2 cm³/mol. The van der Waals surface area contributed by atoms with E-state index in [0.717, 1.165) is 5.69 Å². The molecule has 0 aromatic carbocycles. The summed E-state index contributed by atoms with van der Waals surface area (Å²) in [6, 6.07) is 0. The summed E-state index contributed by atoms with van der Waals surface area (Å²) >= 11 is 0. The smallest absolute Gasteiger partial charge is 0.302 e. The highest BCUT2D eigenvalue weighted by Gasteiger charge is 2.05. The van der Waals surface area contributed by atoms with Crippen LogP contribution in [0.1, 0.15) is 18.2 Å². The van der Waals surface area contributed by atoms with Gasteiger partial charge in [0.1, 0.15) is 6.61 Å². The van der Waals surface area contributed by atoms with Gasteiger partial charge in [0.2, 0.25) is 0 Å². The molecule has 0 aliphatic carbocycles. The van der Waals surface area contributed by atoms with Crippen molar-refractivity contribution in [2.45, 2.75) is 27.3 Å². The van der Waals surface area contributed by atoms with Gasteiger partial charge in [-0.1, -0.05) is 0 Å². The van der Waals surface area contributed by atoms with Crippen LogP contribution in [-0.4, -0.2) is 22.4 Å². The van der Waals surface area contributed by atoms with Crippen LogP contribution in [0.4, 0.5) is 0 Å². The second-order valence-corrected chi connectivity index (χ2v) is 3.16. The Hall–Kier alpha value is -1.52. The largest absolute Gasteiger partial charge is 0.464 e. The third kappa shape index (κ3) is 2.25. The molecule has 0 spiro atoms. The first-order valence-electron chi connectivity index (χ1n) is 4.41. The fraction of sp³-hybridized carbons (Fsp3) is 0.556. The van der Waals surface area contributed by atoms with Gasteiger partial charge in [0.05, 0.1) is 6.54 Å². The Labute approximate surface area is 81.7 Å². The monoisotopic (exact) mass is 198 g/mol. The van der Waals surface area contributed by atoms with Gasteiger partial charge in [-0.2, -0.15) is 0 Å². The van der Waals surface area contributed by atoms with Crippen molar-refractivity contribution in [3.63, 3.8) is 0 Å². The Morgan fingerprint density at radius 3 is 2.57 bits per heavy atom. The maximum absolute atomic E-state index is 11.5. The number of ether oxygens (including phenoxy) is 1. The van der Waals surface area contributed by atoms with Gasteiger partial charge in [0, 0.05) is 18.2 Å². The lowest BCUT2D eigenvalue weighted by atomic mass is 10.3. The van der Waals surface area contributed by atoms with Gasteiger partial charge < -0.3 is 4.74 Å². The molecule has 78 valence electrons. The van der Waals surface area contributed by atoms with Crippen LogP contribution in [0.2, 0.25) is 0 Å². The Morgan fingerprint density at radius 2 is 2.14 bits per heavy atom. The molecule has 0 saturated heterocycles. The maximum atomic E-state index is 11.5. The van der Waals surface area contributed by atoms with Gasteiger partial charge in [-0.3, -0.25) is 14.7 Å². The SMILES string of the molecule is CC(=O)OCCn1[nH]c(C)c(C)c1=O. The van der Waals surface area contributed by atoms with Crippen LogP contribution in [0.15, 0.2) is 4.79 Å². The molecule has 1 aromatic heterocycles. The number of aryl methyl sites for hydroxylation is 1. The van der Waals surface area contributed by atoms with Crippen LogP contribution < -0.4 is 5.56 Å². The van der Waals surface area contributed by atoms with Crippen molar-refractivity contribution in [1.29, 1.82) is 0 Å². The molecule has 0 fully saturated rings. The van der Waals surface area contributed by atoms with E-state index >= 15 is 0 Å². The molecule has 0 amide bonds. The molecular formula is C9H14N2O3. The van der Waals surface area contributed by atoms with Gasteiger partial charge in [-0.25, -0.2) is 4.68 Å². The number of hydrogen-bond donors (Lipinski definition) is 1. The van der Waals surface area contributed by atoms with Crippen LogP contribution >= 0.6 is 0 Å². The molecule has 0 bridgehead atoms. The summed E-state index contributed by atoms with van der Waals surface area (Å²) in [4.78, 5) is 21.9. The average Bonchev–Trinajstić information content (AvgIpc) is 2.33. The van der Waals surface area contributed by atoms with Crippen molar-refractivity contribution < 1.29 is 9.53 Å². The zero-order chi connectivity index (χ0) is 10.7. The van der Waals surface area contributed by atoms with Gasteiger partial charge in [-0.05, 0) is 13.8 Å². The molecule has 1 N–H and O–H groups in total. The van der Waals surface area contributed by atoms with Gasteiger partial charge >= 0.3 is 5.97 Å². The fourth-order valence-electron chi connectivity index (χ4n) is 1.14. The van der Waals surface area contributed by atoms with Crippen molar-refractivity contribution in [3.05, 3.63) is 21.6 Å². The number of carbonyl (C=O) groups excluding carboxylic acids is 1. The second-order valence-electron chi connectivity index (χ2n) is 3.16. The summed E-state index contributed by atoms with van der Waals surface area (Å²) in [5.74, 6) is -0.335. The number of nitrogens with one attached hydrogen (secondary N) is 1. The molecule has 0 unspecified atom stereocenters. The zero-order valence-electron chi connectivity index (χ0n) is 8.59. The van der Waals surface area contributed by atoms with E-state index in [1.807, 2.05) is 6.92 Å². The first-order chi connectivity index (χ1) is 6.52. The third-order valence-corrected chi connectivity index (χ3v) is 2.05. The summed E-state index contributed by atoms with van der Waals surface area (Å²) in [6.45, 7) is 5.52. The highest BCUT2D eigenvalue weighted by molar-refractivity contribution is 5.65. The summed E-state index contributed by atoms with van der Waals surface area (Å²) in [7, 11) is 0. The number of rotatable bonds is 3. The lowest BCUT2D eigenvalue weighted by molar-refractivity contribution is -0.141. The maximum Gasteiger partial charge on any atom is 0.302 e. The van der Waals surface area contributed by atoms with Crippen molar-refractivity contribution in [2.75, 3.05) is 6.61 Å². The summed E-state index contributed by atoms with van der Waals surface area (Å²) in [5, 5.41) is 2.90. The predicted octanol–water partition coefficient (Wildman–Crippen LogP) is 0.356. The number of hydrogen-bond acceptors (Lipinski definition) is 3. The molecule has 1 heterocycles. The number of aromatic nitrogens is 2. The Morgan fingerprint density at radius 1 is 1.50 bits per heavy atom. The molecule has 1 rings (SSSR count). The van der Waals surface area contributed by atoms with Crippen LogP contribution in [0.3, 0.4) is 0 Å². The number of esters is 1. The van der Waals surface area contributed by atoms with Crippen molar-refractivity contribution >= 4 is 5.97 Å². The minimum Gasteiger partial charge on any atom is -0.464 e. The second kappa shape index (κ2) is 4.13. The van der Waals surface area contributed by atoms with E-state index in [-0.39, 0.29) is 18.1 Å². The highest BCUT2D eigenvalue weighted by Crippen LogP contribution is 1.95. The first kappa shape index (κ1) is 10.6. The van der Waals surface area contributed by atoms with Crippen molar-refractivity contribution in [1.82, 2.24) is 9.78 Å². The summed E-state index contributed by atoms with van der Waals surface area (Å²) in [6.07, 6.45) is 0. The van der Waals surface area contributed by atoms with Crippen LogP contribution in [0.5, 0.6) is 0 Å². The standard InChI is InChI=1S/C9H14N2O3/c1-6-7(2)10-11(9(6)13)4-5-14-8(3)12/h10H,4-5H2,1-3H3. The number of H-pyrrole nitrogens is 1. The summed E-state index contributed by atoms with van der Waals surface area (Å²) in [5.41, 5.74) is 1.49. The van der Waals surface area contributed by atoms with E-state index in [4.69, 9.17) is 4.74 Å². The molecule has 0 aliphatic rings. The summed E-state index contributed by atoms with van der Waals surface area (Å²) < 4.78 is 6.17. The van der Waals surface area contributed by atoms with E-state index in [2.05, 4.69) is 5.10 Å². The van der Waals surface area contributed by atoms with Crippen LogP contribution in [0, 0.1) is 13.8 Å². The average molecular weight is 198 g/mol. The van der Waals surface area contributed by atoms with E-state index < -0.39 is 0 Å². The zero-order valence-corrected chi connectivity index (χ0v) is 8.59. The molecule has 0 radical (unpaired) electrons. The Bertz CT molecular complexity index is 389. The molecule has 1 aromatic rings. The van der Waals surface area contributed by atoms with E-state index in [1.54, 1.807) is 6.92 Å². The fourth-order valence-corrected chi connectivity index (χ4v) is 1.14. The topological polar surface area (TPSA) is 64.1 Å². The van der Waals surface area contributed by atoms with E-state index in [0.29, 0.717) is 12.1 Å². The van der Waals surface area contributed by atoms with E-state index in [1.165, 1.54) is 11.6 Å². The normalized spacial score (nSPS) is 10.2. The molecule has 5 nitrogen and oxygen atoms in total. The lowest BCUT2D eigenvalue weighted by Crippen LogP contribution is -2.21. The van der Waals surface area contributed by atoms with Gasteiger partial charge in [-0.15, -0.1) is 0 Å². The minimum atomic E-state index is -0.335. The molecule has 0 atom stereocenters. The van der Waals surface area contributed by atoms with Crippen LogP contribution in [0.25, 0.3) is 0 Å². The van der Waals surface area contributed by atoms with E-state index in [9.17, 15) is 9.59 Å². The first-order valence-corrected chi connectivity index (χ1v) is 4.41. The molecular weight excluding hydrogens is 184 g/mol. The van der Waals surface area contributed by atoms with Gasteiger partial charge in [0.15, 0.2) is 0 Å². The molecule has 0 aliphatic heterocycles. The highest BCUT2D eigenvalue weighted by atomic mass is 16.5.